The average molecular weight is 240 g/mol. The van der Waals surface area contributed by atoms with Crippen LogP contribution in [0.15, 0.2) is 18.2 Å². The van der Waals surface area contributed by atoms with Gasteiger partial charge in [-0.3, -0.25) is 0 Å². The molecular formula is C11H16N2O2S. The highest BCUT2D eigenvalue weighted by Crippen LogP contribution is 2.12. The maximum Gasteiger partial charge on any atom is 0.354 e. The van der Waals surface area contributed by atoms with Gasteiger partial charge >= 0.3 is 5.97 Å². The number of thioether (sulfide) groups is 1. The van der Waals surface area contributed by atoms with Crippen LogP contribution in [0.4, 0.5) is 0 Å². The maximum atomic E-state index is 10.7. The molecule has 0 fully saturated rings. The molecule has 0 amide bonds. The summed E-state index contributed by atoms with van der Waals surface area (Å²) >= 11 is 1.68. The van der Waals surface area contributed by atoms with Crippen LogP contribution in [0.1, 0.15) is 29.5 Å². The fourth-order valence-corrected chi connectivity index (χ4v) is 2.14. The minimum atomic E-state index is -0.989. The third kappa shape index (κ3) is 4.20. The topological polar surface area (TPSA) is 76.2 Å². The van der Waals surface area contributed by atoms with Crippen LogP contribution in [0.2, 0.25) is 0 Å². The van der Waals surface area contributed by atoms with E-state index < -0.39 is 5.97 Å². The SMILES string of the molecule is CCC(N)CSCc1cccc(C(=O)O)n1. The summed E-state index contributed by atoms with van der Waals surface area (Å²) in [5.41, 5.74) is 6.66. The van der Waals surface area contributed by atoms with E-state index in [2.05, 4.69) is 11.9 Å². The molecule has 1 aromatic heterocycles. The number of carbonyl (C=O) groups is 1. The van der Waals surface area contributed by atoms with Crippen molar-refractivity contribution in [3.8, 4) is 0 Å². The Morgan fingerprint density at radius 1 is 1.62 bits per heavy atom. The first-order valence-corrected chi connectivity index (χ1v) is 6.31. The number of aromatic carboxylic acids is 1. The second kappa shape index (κ2) is 6.50. The van der Waals surface area contributed by atoms with Gasteiger partial charge in [-0.15, -0.1) is 0 Å². The minimum absolute atomic E-state index is 0.0953. The zero-order chi connectivity index (χ0) is 12.0. The molecule has 1 unspecified atom stereocenters. The van der Waals surface area contributed by atoms with Crippen molar-refractivity contribution in [3.05, 3.63) is 29.6 Å². The molecule has 1 aromatic rings. The molecule has 0 aliphatic heterocycles. The summed E-state index contributed by atoms with van der Waals surface area (Å²) in [7, 11) is 0. The summed E-state index contributed by atoms with van der Waals surface area (Å²) in [5.74, 6) is 0.585. The van der Waals surface area contributed by atoms with E-state index in [1.165, 1.54) is 6.07 Å². The Bertz CT molecular complexity index is 358. The summed E-state index contributed by atoms with van der Waals surface area (Å²) in [4.78, 5) is 14.7. The van der Waals surface area contributed by atoms with Crippen LogP contribution in [0.3, 0.4) is 0 Å². The molecule has 16 heavy (non-hydrogen) atoms. The first-order chi connectivity index (χ1) is 7.63. The van der Waals surface area contributed by atoms with E-state index >= 15 is 0 Å². The second-order valence-electron chi connectivity index (χ2n) is 3.50. The van der Waals surface area contributed by atoms with E-state index in [1.54, 1.807) is 17.8 Å². The molecule has 0 bridgehead atoms. The van der Waals surface area contributed by atoms with Crippen molar-refractivity contribution < 1.29 is 9.90 Å². The predicted molar refractivity (Wildman–Crippen MR) is 65.6 cm³/mol. The standard InChI is InChI=1S/C11H16N2O2S/c1-2-8(12)6-16-7-9-4-3-5-10(13-9)11(14)15/h3-5,8H,2,6-7,12H2,1H3,(H,14,15). The Morgan fingerprint density at radius 3 is 3.00 bits per heavy atom. The Kier molecular flexibility index (Phi) is 5.28. The molecule has 0 saturated carbocycles. The Morgan fingerprint density at radius 2 is 2.38 bits per heavy atom. The fraction of sp³-hybridized carbons (Fsp3) is 0.455. The van der Waals surface area contributed by atoms with Gasteiger partial charge in [0.1, 0.15) is 5.69 Å². The number of nitrogens with zero attached hydrogens (tertiary/aromatic N) is 1. The van der Waals surface area contributed by atoms with E-state index in [4.69, 9.17) is 10.8 Å². The van der Waals surface area contributed by atoms with Gasteiger partial charge in [-0.1, -0.05) is 13.0 Å². The lowest BCUT2D eigenvalue weighted by Gasteiger charge is -2.07. The average Bonchev–Trinajstić information content (AvgIpc) is 2.29. The molecular weight excluding hydrogens is 224 g/mol. The Hall–Kier alpha value is -1.07. The lowest BCUT2D eigenvalue weighted by atomic mass is 10.3. The number of carboxylic acids is 1. The van der Waals surface area contributed by atoms with Crippen LogP contribution in [0.25, 0.3) is 0 Å². The quantitative estimate of drug-likeness (QED) is 0.792. The first-order valence-electron chi connectivity index (χ1n) is 5.16. The lowest BCUT2D eigenvalue weighted by Crippen LogP contribution is -2.21. The highest BCUT2D eigenvalue weighted by atomic mass is 32.2. The molecule has 0 saturated heterocycles. The minimum Gasteiger partial charge on any atom is -0.477 e. The third-order valence-corrected chi connectivity index (χ3v) is 3.30. The highest BCUT2D eigenvalue weighted by molar-refractivity contribution is 7.98. The van der Waals surface area contributed by atoms with Crippen LogP contribution in [0, 0.1) is 0 Å². The van der Waals surface area contributed by atoms with Gasteiger partial charge in [0, 0.05) is 17.5 Å². The van der Waals surface area contributed by atoms with Crippen LogP contribution >= 0.6 is 11.8 Å². The fourth-order valence-electron chi connectivity index (χ4n) is 1.11. The van der Waals surface area contributed by atoms with Crippen molar-refractivity contribution in [2.24, 2.45) is 5.73 Å². The highest BCUT2D eigenvalue weighted by Gasteiger charge is 2.05. The number of nitrogens with two attached hydrogens (primary N) is 1. The lowest BCUT2D eigenvalue weighted by molar-refractivity contribution is 0.0690. The Balaban J connectivity index is 2.48. The number of aromatic nitrogens is 1. The van der Waals surface area contributed by atoms with Gasteiger partial charge in [0.05, 0.1) is 5.69 Å². The Labute approximate surface area is 99.3 Å². The molecule has 88 valence electrons. The van der Waals surface area contributed by atoms with Crippen molar-refractivity contribution >= 4 is 17.7 Å². The normalized spacial score (nSPS) is 12.4. The van der Waals surface area contributed by atoms with Gasteiger partial charge in [0.25, 0.3) is 0 Å². The molecule has 0 spiro atoms. The maximum absolute atomic E-state index is 10.7. The van der Waals surface area contributed by atoms with Crippen molar-refractivity contribution in [1.82, 2.24) is 4.98 Å². The number of carboxylic acid groups (broad SMARTS) is 1. The molecule has 4 nitrogen and oxygen atoms in total. The van der Waals surface area contributed by atoms with Crippen molar-refractivity contribution in [3.63, 3.8) is 0 Å². The van der Waals surface area contributed by atoms with Gasteiger partial charge in [-0.25, -0.2) is 9.78 Å². The van der Waals surface area contributed by atoms with Crippen LogP contribution < -0.4 is 5.73 Å². The molecule has 0 aromatic carbocycles. The molecule has 0 aliphatic carbocycles. The van der Waals surface area contributed by atoms with E-state index in [0.29, 0.717) is 5.75 Å². The van der Waals surface area contributed by atoms with E-state index in [0.717, 1.165) is 17.9 Å². The van der Waals surface area contributed by atoms with Gasteiger partial charge in [-0.2, -0.15) is 11.8 Å². The van der Waals surface area contributed by atoms with Crippen LogP contribution in [0.5, 0.6) is 0 Å². The van der Waals surface area contributed by atoms with Gasteiger partial charge in [0.2, 0.25) is 0 Å². The summed E-state index contributed by atoms with van der Waals surface area (Å²) in [6, 6.07) is 5.24. The van der Waals surface area contributed by atoms with Crippen molar-refractivity contribution in [2.45, 2.75) is 25.1 Å². The summed E-state index contributed by atoms with van der Waals surface area (Å²) in [6.07, 6.45) is 0.954. The summed E-state index contributed by atoms with van der Waals surface area (Å²) < 4.78 is 0. The second-order valence-corrected chi connectivity index (χ2v) is 4.53. The zero-order valence-corrected chi connectivity index (χ0v) is 10.0. The van der Waals surface area contributed by atoms with Crippen molar-refractivity contribution in [2.75, 3.05) is 5.75 Å². The smallest absolute Gasteiger partial charge is 0.354 e. The molecule has 1 heterocycles. The number of hydrogen-bond acceptors (Lipinski definition) is 4. The van der Waals surface area contributed by atoms with E-state index in [9.17, 15) is 4.79 Å². The molecule has 0 aliphatic rings. The third-order valence-electron chi connectivity index (χ3n) is 2.13. The van der Waals surface area contributed by atoms with E-state index in [-0.39, 0.29) is 11.7 Å². The first kappa shape index (κ1) is 13.0. The predicted octanol–water partition coefficient (Wildman–Crippen LogP) is 1.75. The largest absolute Gasteiger partial charge is 0.477 e. The number of hydrogen-bond donors (Lipinski definition) is 2. The monoisotopic (exact) mass is 240 g/mol. The van der Waals surface area contributed by atoms with Crippen LogP contribution in [-0.2, 0) is 5.75 Å². The summed E-state index contributed by atoms with van der Waals surface area (Å²) in [5, 5.41) is 8.77. The van der Waals surface area contributed by atoms with Gasteiger partial charge < -0.3 is 10.8 Å². The van der Waals surface area contributed by atoms with Gasteiger partial charge in [-0.05, 0) is 18.6 Å². The molecule has 0 radical (unpaired) electrons. The van der Waals surface area contributed by atoms with E-state index in [1.807, 2.05) is 6.07 Å². The van der Waals surface area contributed by atoms with Gasteiger partial charge in [0.15, 0.2) is 0 Å². The summed E-state index contributed by atoms with van der Waals surface area (Å²) in [6.45, 7) is 2.05. The van der Waals surface area contributed by atoms with Crippen LogP contribution in [-0.4, -0.2) is 27.9 Å². The molecule has 1 rings (SSSR count). The van der Waals surface area contributed by atoms with Crippen molar-refractivity contribution in [1.29, 1.82) is 0 Å². The number of rotatable bonds is 6. The molecule has 5 heteroatoms. The zero-order valence-electron chi connectivity index (χ0n) is 9.22. The molecule has 1 atom stereocenters. The molecule has 3 N–H and O–H groups in total. The number of pyridine rings is 1.